The summed E-state index contributed by atoms with van der Waals surface area (Å²) in [6.07, 6.45) is 2.98. The third-order valence-corrected chi connectivity index (χ3v) is 5.07. The molecule has 1 unspecified atom stereocenters. The largest absolute Gasteiger partial charge is 0.481 e. The smallest absolute Gasteiger partial charge is 0.303 e. The number of carboxylic acid groups (broad SMARTS) is 1. The van der Waals surface area contributed by atoms with Gasteiger partial charge in [-0.15, -0.1) is 0 Å². The van der Waals surface area contributed by atoms with Crippen LogP contribution in [0.4, 0.5) is 0 Å². The Morgan fingerprint density at radius 3 is 2.74 bits per heavy atom. The Balaban J connectivity index is 2.48. The minimum atomic E-state index is -3.55. The highest BCUT2D eigenvalue weighted by atomic mass is 32.2. The number of carbonyl (C=O) groups is 2. The number of hydrogen-bond acceptors (Lipinski definition) is 5. The fraction of sp³-hybridized carbons (Fsp3) is 0.857. The van der Waals surface area contributed by atoms with Crippen LogP contribution in [-0.4, -0.2) is 68.4 Å². The first-order chi connectivity index (χ1) is 10.9. The summed E-state index contributed by atoms with van der Waals surface area (Å²) in [6.45, 7) is 2.55. The van der Waals surface area contributed by atoms with Gasteiger partial charge in [0, 0.05) is 25.6 Å². The zero-order valence-corrected chi connectivity index (χ0v) is 14.3. The molecule has 0 saturated carbocycles. The van der Waals surface area contributed by atoms with Crippen molar-refractivity contribution in [3.05, 3.63) is 0 Å². The highest BCUT2D eigenvalue weighted by Crippen LogP contribution is 2.20. The van der Waals surface area contributed by atoms with Crippen LogP contribution in [0.15, 0.2) is 0 Å². The minimum Gasteiger partial charge on any atom is -0.481 e. The molecule has 1 aliphatic rings. The van der Waals surface area contributed by atoms with E-state index in [0.29, 0.717) is 19.6 Å². The number of nitrogens with one attached hydrogen (secondary N) is 1. The van der Waals surface area contributed by atoms with Crippen LogP contribution in [0.3, 0.4) is 0 Å². The van der Waals surface area contributed by atoms with Crippen molar-refractivity contribution in [2.45, 2.75) is 45.1 Å². The summed E-state index contributed by atoms with van der Waals surface area (Å²) in [5.41, 5.74) is 0. The van der Waals surface area contributed by atoms with Gasteiger partial charge >= 0.3 is 5.97 Å². The van der Waals surface area contributed by atoms with Gasteiger partial charge < -0.3 is 14.7 Å². The van der Waals surface area contributed by atoms with Crippen molar-refractivity contribution < 1.29 is 27.9 Å². The molecule has 0 aromatic carbocycles. The summed E-state index contributed by atoms with van der Waals surface area (Å²) in [4.78, 5) is 24.6. The molecule has 134 valence electrons. The highest BCUT2D eigenvalue weighted by molar-refractivity contribution is 7.89. The monoisotopic (exact) mass is 350 g/mol. The third-order valence-electron chi connectivity index (χ3n) is 3.78. The molecule has 0 aromatic heterocycles. The maximum atomic E-state index is 12.3. The van der Waals surface area contributed by atoms with Crippen molar-refractivity contribution in [3.8, 4) is 0 Å². The number of aliphatic carboxylic acids is 1. The van der Waals surface area contributed by atoms with E-state index in [0.717, 1.165) is 19.3 Å². The second kappa shape index (κ2) is 9.84. The average Bonchev–Trinajstić information content (AvgIpc) is 2.51. The van der Waals surface area contributed by atoms with E-state index < -0.39 is 16.0 Å². The Labute approximate surface area is 137 Å². The van der Waals surface area contributed by atoms with Crippen LogP contribution in [0.5, 0.6) is 0 Å². The SMILES string of the molecule is CCOCCS(=O)(=O)NCC(=O)N1CCCCC1CCC(=O)O. The summed E-state index contributed by atoms with van der Waals surface area (Å²) < 4.78 is 30.8. The van der Waals surface area contributed by atoms with Crippen LogP contribution in [0.2, 0.25) is 0 Å². The Bertz CT molecular complexity index is 493. The van der Waals surface area contributed by atoms with Gasteiger partial charge in [-0.2, -0.15) is 0 Å². The molecule has 0 radical (unpaired) electrons. The lowest BCUT2D eigenvalue weighted by Gasteiger charge is -2.35. The molecule has 1 rings (SSSR count). The zero-order chi connectivity index (χ0) is 17.3. The number of carboxylic acids is 1. The van der Waals surface area contributed by atoms with Gasteiger partial charge in [0.15, 0.2) is 0 Å². The normalized spacial score (nSPS) is 18.8. The van der Waals surface area contributed by atoms with Crippen molar-refractivity contribution >= 4 is 21.9 Å². The van der Waals surface area contributed by atoms with Gasteiger partial charge in [-0.1, -0.05) is 0 Å². The highest BCUT2D eigenvalue weighted by Gasteiger charge is 2.27. The predicted molar refractivity (Wildman–Crippen MR) is 84.5 cm³/mol. The lowest BCUT2D eigenvalue weighted by molar-refractivity contribution is -0.139. The second-order valence-corrected chi connectivity index (χ2v) is 7.43. The number of nitrogens with zero attached hydrogens (tertiary/aromatic N) is 1. The number of hydrogen-bond donors (Lipinski definition) is 2. The fourth-order valence-electron chi connectivity index (χ4n) is 2.58. The van der Waals surface area contributed by atoms with Crippen molar-refractivity contribution in [3.63, 3.8) is 0 Å². The summed E-state index contributed by atoms with van der Waals surface area (Å²) in [6, 6.07) is -0.125. The summed E-state index contributed by atoms with van der Waals surface area (Å²) in [5, 5.41) is 8.77. The van der Waals surface area contributed by atoms with E-state index in [4.69, 9.17) is 9.84 Å². The maximum absolute atomic E-state index is 12.3. The Morgan fingerprint density at radius 2 is 2.09 bits per heavy atom. The Hall–Kier alpha value is -1.19. The number of sulfonamides is 1. The topological polar surface area (TPSA) is 113 Å². The first-order valence-electron chi connectivity index (χ1n) is 7.92. The summed E-state index contributed by atoms with van der Waals surface area (Å²) >= 11 is 0. The molecule has 0 spiro atoms. The summed E-state index contributed by atoms with van der Waals surface area (Å²) in [5.74, 6) is -1.38. The molecule has 0 aromatic rings. The van der Waals surface area contributed by atoms with Gasteiger partial charge in [0.1, 0.15) is 0 Å². The molecular formula is C14H26N2O6S. The first-order valence-corrected chi connectivity index (χ1v) is 9.57. The van der Waals surface area contributed by atoms with Crippen LogP contribution in [0, 0.1) is 0 Å². The van der Waals surface area contributed by atoms with Gasteiger partial charge in [0.05, 0.1) is 18.9 Å². The van der Waals surface area contributed by atoms with Crippen LogP contribution in [0.1, 0.15) is 39.0 Å². The first kappa shape index (κ1) is 19.9. The van der Waals surface area contributed by atoms with Gasteiger partial charge in [-0.05, 0) is 32.6 Å². The number of amides is 1. The van der Waals surface area contributed by atoms with Crippen molar-refractivity contribution in [1.82, 2.24) is 9.62 Å². The van der Waals surface area contributed by atoms with E-state index in [1.54, 1.807) is 11.8 Å². The van der Waals surface area contributed by atoms with Crippen LogP contribution < -0.4 is 4.72 Å². The summed E-state index contributed by atoms with van der Waals surface area (Å²) in [7, 11) is -3.55. The van der Waals surface area contributed by atoms with E-state index >= 15 is 0 Å². The van der Waals surface area contributed by atoms with Gasteiger partial charge in [0.2, 0.25) is 15.9 Å². The Morgan fingerprint density at radius 1 is 1.35 bits per heavy atom. The Kier molecular flexibility index (Phi) is 8.49. The van der Waals surface area contributed by atoms with E-state index in [1.165, 1.54) is 0 Å². The molecule has 8 nitrogen and oxygen atoms in total. The third kappa shape index (κ3) is 7.76. The molecule has 1 saturated heterocycles. The van der Waals surface area contributed by atoms with Gasteiger partial charge in [0.25, 0.3) is 0 Å². The van der Waals surface area contributed by atoms with Crippen molar-refractivity contribution in [2.24, 2.45) is 0 Å². The minimum absolute atomic E-state index is 0.00846. The molecule has 1 heterocycles. The van der Waals surface area contributed by atoms with E-state index in [9.17, 15) is 18.0 Å². The number of ether oxygens (including phenoxy) is 1. The number of rotatable bonds is 10. The molecule has 1 amide bonds. The number of likely N-dealkylation sites (tertiary alicyclic amines) is 1. The van der Waals surface area contributed by atoms with E-state index in [-0.39, 0.29) is 37.3 Å². The molecule has 1 aliphatic heterocycles. The molecule has 0 bridgehead atoms. The quantitative estimate of drug-likeness (QED) is 0.544. The zero-order valence-electron chi connectivity index (χ0n) is 13.5. The second-order valence-electron chi connectivity index (χ2n) is 5.51. The van der Waals surface area contributed by atoms with Crippen molar-refractivity contribution in [2.75, 3.05) is 32.1 Å². The average molecular weight is 350 g/mol. The molecule has 1 fully saturated rings. The maximum Gasteiger partial charge on any atom is 0.303 e. The fourth-order valence-corrected chi connectivity index (χ4v) is 3.40. The van der Waals surface area contributed by atoms with Gasteiger partial charge in [-0.25, -0.2) is 13.1 Å². The molecule has 0 aliphatic carbocycles. The lowest BCUT2D eigenvalue weighted by atomic mass is 9.98. The van der Waals surface area contributed by atoms with Crippen LogP contribution in [0.25, 0.3) is 0 Å². The predicted octanol–water partition coefficient (Wildman–Crippen LogP) is 0.188. The number of piperidine rings is 1. The van der Waals surface area contributed by atoms with E-state index in [2.05, 4.69) is 4.72 Å². The van der Waals surface area contributed by atoms with Crippen LogP contribution in [-0.2, 0) is 24.3 Å². The van der Waals surface area contributed by atoms with Gasteiger partial charge in [-0.3, -0.25) is 9.59 Å². The lowest BCUT2D eigenvalue weighted by Crippen LogP contribution is -2.48. The van der Waals surface area contributed by atoms with Crippen molar-refractivity contribution in [1.29, 1.82) is 0 Å². The molecule has 9 heteroatoms. The molecule has 2 N–H and O–H groups in total. The molecular weight excluding hydrogens is 324 g/mol. The van der Waals surface area contributed by atoms with E-state index in [1.807, 2.05) is 0 Å². The molecule has 23 heavy (non-hydrogen) atoms. The standard InChI is InChI=1S/C14H26N2O6S/c1-2-22-9-10-23(20,21)15-11-13(17)16-8-4-3-5-12(16)6-7-14(18)19/h12,15H,2-11H2,1H3,(H,18,19). The van der Waals surface area contributed by atoms with Crippen LogP contribution >= 0.6 is 0 Å². The molecule has 1 atom stereocenters. The number of carbonyl (C=O) groups excluding carboxylic acids is 1.